The third-order valence-electron chi connectivity index (χ3n) is 2.87. The SMILES string of the molecule is COc1ccccc1Oc1cc2cncnc2cc1O. The molecule has 0 aliphatic rings. The Bertz CT molecular complexity index is 759. The van der Waals surface area contributed by atoms with E-state index >= 15 is 0 Å². The second-order valence-electron chi connectivity index (χ2n) is 4.15. The summed E-state index contributed by atoms with van der Waals surface area (Å²) >= 11 is 0. The van der Waals surface area contributed by atoms with Gasteiger partial charge in [0, 0.05) is 17.6 Å². The number of fused-ring (bicyclic) bond motifs is 1. The Morgan fingerprint density at radius 3 is 2.65 bits per heavy atom. The van der Waals surface area contributed by atoms with Crippen LogP contribution in [0.4, 0.5) is 0 Å². The van der Waals surface area contributed by atoms with Crippen LogP contribution in [0.5, 0.6) is 23.0 Å². The lowest BCUT2D eigenvalue weighted by Gasteiger charge is -2.11. The van der Waals surface area contributed by atoms with Crippen LogP contribution in [0.15, 0.2) is 48.9 Å². The number of methoxy groups -OCH3 is 1. The molecule has 20 heavy (non-hydrogen) atoms. The van der Waals surface area contributed by atoms with Crippen LogP contribution in [0.3, 0.4) is 0 Å². The van der Waals surface area contributed by atoms with Gasteiger partial charge in [0.05, 0.1) is 12.6 Å². The molecule has 1 heterocycles. The van der Waals surface area contributed by atoms with Crippen molar-refractivity contribution in [1.29, 1.82) is 0 Å². The molecule has 1 N–H and O–H groups in total. The van der Waals surface area contributed by atoms with E-state index in [-0.39, 0.29) is 5.75 Å². The molecule has 0 amide bonds. The van der Waals surface area contributed by atoms with Crippen molar-refractivity contribution in [1.82, 2.24) is 9.97 Å². The van der Waals surface area contributed by atoms with E-state index in [9.17, 15) is 5.11 Å². The quantitative estimate of drug-likeness (QED) is 0.790. The van der Waals surface area contributed by atoms with E-state index in [4.69, 9.17) is 9.47 Å². The van der Waals surface area contributed by atoms with Crippen molar-refractivity contribution < 1.29 is 14.6 Å². The van der Waals surface area contributed by atoms with E-state index in [1.807, 2.05) is 12.1 Å². The van der Waals surface area contributed by atoms with Crippen molar-refractivity contribution in [3.63, 3.8) is 0 Å². The molecule has 3 aromatic rings. The van der Waals surface area contributed by atoms with Gasteiger partial charge in [-0.3, -0.25) is 0 Å². The largest absolute Gasteiger partial charge is 0.504 e. The topological polar surface area (TPSA) is 64.5 Å². The third kappa shape index (κ3) is 2.21. The fourth-order valence-corrected chi connectivity index (χ4v) is 1.90. The molecule has 0 radical (unpaired) electrons. The molecule has 0 aliphatic carbocycles. The lowest BCUT2D eigenvalue weighted by Crippen LogP contribution is -1.91. The first-order valence-corrected chi connectivity index (χ1v) is 6.01. The van der Waals surface area contributed by atoms with E-state index in [1.165, 1.54) is 6.33 Å². The van der Waals surface area contributed by atoms with Crippen molar-refractivity contribution in [2.45, 2.75) is 0 Å². The molecular formula is C15H12N2O3. The van der Waals surface area contributed by atoms with Crippen molar-refractivity contribution in [3.8, 4) is 23.0 Å². The van der Waals surface area contributed by atoms with Gasteiger partial charge in [0.15, 0.2) is 23.0 Å². The fourth-order valence-electron chi connectivity index (χ4n) is 1.90. The van der Waals surface area contributed by atoms with E-state index < -0.39 is 0 Å². The number of benzene rings is 2. The molecule has 0 atom stereocenters. The smallest absolute Gasteiger partial charge is 0.170 e. The summed E-state index contributed by atoms with van der Waals surface area (Å²) in [5, 5.41) is 10.8. The zero-order valence-electron chi connectivity index (χ0n) is 10.8. The second-order valence-corrected chi connectivity index (χ2v) is 4.15. The van der Waals surface area contributed by atoms with Crippen molar-refractivity contribution in [2.24, 2.45) is 0 Å². The summed E-state index contributed by atoms with van der Waals surface area (Å²) in [6, 6.07) is 10.5. The molecule has 0 saturated carbocycles. The highest BCUT2D eigenvalue weighted by atomic mass is 16.5. The number of ether oxygens (including phenoxy) is 2. The molecule has 0 unspecified atom stereocenters. The van der Waals surface area contributed by atoms with E-state index in [1.54, 1.807) is 37.6 Å². The van der Waals surface area contributed by atoms with Crippen LogP contribution in [-0.2, 0) is 0 Å². The fraction of sp³-hybridized carbons (Fsp3) is 0.0667. The summed E-state index contributed by atoms with van der Waals surface area (Å²) in [4.78, 5) is 8.02. The monoisotopic (exact) mass is 268 g/mol. The van der Waals surface area contributed by atoms with Gasteiger partial charge >= 0.3 is 0 Å². The van der Waals surface area contributed by atoms with Crippen molar-refractivity contribution >= 4 is 10.9 Å². The Kier molecular flexibility index (Phi) is 3.09. The Balaban J connectivity index is 2.04. The van der Waals surface area contributed by atoms with Crippen LogP contribution in [0.2, 0.25) is 0 Å². The number of hydrogen-bond donors (Lipinski definition) is 1. The average Bonchev–Trinajstić information content (AvgIpc) is 2.48. The minimum absolute atomic E-state index is 0.0158. The summed E-state index contributed by atoms with van der Waals surface area (Å²) in [6.07, 6.45) is 3.10. The first-order chi connectivity index (χ1) is 9.78. The molecular weight excluding hydrogens is 256 g/mol. The standard InChI is InChI=1S/C15H12N2O3/c1-19-13-4-2-3-5-14(13)20-15-6-10-8-16-9-17-11(10)7-12(15)18/h2-9,18H,1H3. The van der Waals surface area contributed by atoms with Gasteiger partial charge in [-0.25, -0.2) is 9.97 Å². The van der Waals surface area contributed by atoms with E-state index in [0.29, 0.717) is 22.8 Å². The van der Waals surface area contributed by atoms with Crippen LogP contribution >= 0.6 is 0 Å². The first kappa shape index (κ1) is 12.2. The van der Waals surface area contributed by atoms with Crippen LogP contribution in [-0.4, -0.2) is 22.2 Å². The number of rotatable bonds is 3. The molecule has 0 spiro atoms. The van der Waals surface area contributed by atoms with Crippen LogP contribution < -0.4 is 9.47 Å². The van der Waals surface area contributed by atoms with E-state index in [2.05, 4.69) is 9.97 Å². The lowest BCUT2D eigenvalue weighted by molar-refractivity contribution is 0.367. The maximum atomic E-state index is 10.0. The number of para-hydroxylation sites is 2. The molecule has 0 saturated heterocycles. The Morgan fingerprint density at radius 2 is 1.85 bits per heavy atom. The number of hydrogen-bond acceptors (Lipinski definition) is 5. The Hall–Kier alpha value is -2.82. The number of aromatic nitrogens is 2. The molecule has 5 heteroatoms. The molecule has 1 aromatic heterocycles. The van der Waals surface area contributed by atoms with Crippen LogP contribution in [0, 0.1) is 0 Å². The maximum Gasteiger partial charge on any atom is 0.170 e. The van der Waals surface area contributed by atoms with Crippen LogP contribution in [0.25, 0.3) is 10.9 Å². The highest BCUT2D eigenvalue weighted by Gasteiger charge is 2.10. The molecule has 0 bridgehead atoms. The summed E-state index contributed by atoms with van der Waals surface area (Å²) in [7, 11) is 1.57. The van der Waals surface area contributed by atoms with Gasteiger partial charge in [-0.2, -0.15) is 0 Å². The summed E-state index contributed by atoms with van der Waals surface area (Å²) < 4.78 is 10.9. The number of aromatic hydroxyl groups is 1. The van der Waals surface area contributed by atoms with Gasteiger partial charge in [-0.1, -0.05) is 12.1 Å². The van der Waals surface area contributed by atoms with Crippen molar-refractivity contribution in [2.75, 3.05) is 7.11 Å². The molecule has 100 valence electrons. The minimum atomic E-state index is 0.0158. The summed E-state index contributed by atoms with van der Waals surface area (Å²) in [6.45, 7) is 0. The second kappa shape index (κ2) is 5.05. The number of nitrogens with zero attached hydrogens (tertiary/aromatic N) is 2. The number of phenols is 1. The van der Waals surface area contributed by atoms with E-state index in [0.717, 1.165) is 5.39 Å². The van der Waals surface area contributed by atoms with Gasteiger partial charge in [0.1, 0.15) is 6.33 Å². The van der Waals surface area contributed by atoms with Crippen LogP contribution in [0.1, 0.15) is 0 Å². The maximum absolute atomic E-state index is 10.0. The van der Waals surface area contributed by atoms with Gasteiger partial charge in [-0.15, -0.1) is 0 Å². The third-order valence-corrected chi connectivity index (χ3v) is 2.87. The molecule has 0 fully saturated rings. The minimum Gasteiger partial charge on any atom is -0.504 e. The Labute approximate surface area is 115 Å². The Morgan fingerprint density at radius 1 is 1.05 bits per heavy atom. The zero-order valence-corrected chi connectivity index (χ0v) is 10.8. The van der Waals surface area contributed by atoms with Crippen molar-refractivity contribution in [3.05, 3.63) is 48.9 Å². The van der Waals surface area contributed by atoms with Gasteiger partial charge in [-0.05, 0) is 18.2 Å². The normalized spacial score (nSPS) is 10.4. The molecule has 5 nitrogen and oxygen atoms in total. The predicted octanol–water partition coefficient (Wildman–Crippen LogP) is 3.14. The molecule has 3 rings (SSSR count). The first-order valence-electron chi connectivity index (χ1n) is 6.01. The summed E-state index contributed by atoms with van der Waals surface area (Å²) in [5.74, 6) is 1.47. The average molecular weight is 268 g/mol. The molecule has 2 aromatic carbocycles. The predicted molar refractivity (Wildman–Crippen MR) is 74.3 cm³/mol. The molecule has 0 aliphatic heterocycles. The number of phenolic OH excluding ortho intramolecular Hbond substituents is 1. The highest BCUT2D eigenvalue weighted by Crippen LogP contribution is 2.37. The van der Waals surface area contributed by atoms with Gasteiger partial charge in [0.25, 0.3) is 0 Å². The summed E-state index contributed by atoms with van der Waals surface area (Å²) in [5.41, 5.74) is 0.657. The highest BCUT2D eigenvalue weighted by molar-refractivity contribution is 5.81. The lowest BCUT2D eigenvalue weighted by atomic mass is 10.2. The van der Waals surface area contributed by atoms with Gasteiger partial charge < -0.3 is 14.6 Å². The van der Waals surface area contributed by atoms with Gasteiger partial charge in [0.2, 0.25) is 0 Å². The zero-order chi connectivity index (χ0) is 13.9.